The Kier molecular flexibility index (Phi) is 2.93. The van der Waals surface area contributed by atoms with Crippen LogP contribution in [0.25, 0.3) is 11.0 Å². The lowest BCUT2D eigenvalue weighted by Gasteiger charge is -2.09. The molecule has 0 radical (unpaired) electrons. The average molecular weight is 214 g/mol. The SMILES string of the molecule is C#CCn1c([C@H](O)CC)nc2ccccc21. The highest BCUT2D eigenvalue weighted by molar-refractivity contribution is 5.76. The summed E-state index contributed by atoms with van der Waals surface area (Å²) in [6.07, 6.45) is 5.42. The standard InChI is InChI=1S/C13H14N2O/c1-3-9-15-11-8-6-5-7-10(11)14-13(15)12(16)4-2/h1,5-8,12,16H,4,9H2,2H3/t12-/m1/s1. The molecule has 0 aliphatic carbocycles. The summed E-state index contributed by atoms with van der Waals surface area (Å²) in [6.45, 7) is 2.36. The number of imidazole rings is 1. The first-order valence-electron chi connectivity index (χ1n) is 5.34. The zero-order chi connectivity index (χ0) is 11.5. The van der Waals surface area contributed by atoms with E-state index in [1.165, 1.54) is 0 Å². The zero-order valence-electron chi connectivity index (χ0n) is 9.22. The van der Waals surface area contributed by atoms with Gasteiger partial charge in [-0.25, -0.2) is 4.98 Å². The van der Waals surface area contributed by atoms with Crippen molar-refractivity contribution >= 4 is 11.0 Å². The maximum Gasteiger partial charge on any atom is 0.139 e. The van der Waals surface area contributed by atoms with Crippen LogP contribution in [0.4, 0.5) is 0 Å². The number of aliphatic hydroxyl groups excluding tert-OH is 1. The molecule has 1 atom stereocenters. The number of fused-ring (bicyclic) bond motifs is 1. The molecule has 0 saturated heterocycles. The Morgan fingerprint density at radius 1 is 1.50 bits per heavy atom. The van der Waals surface area contributed by atoms with Gasteiger partial charge in [-0.1, -0.05) is 25.0 Å². The van der Waals surface area contributed by atoms with E-state index in [2.05, 4.69) is 10.9 Å². The summed E-state index contributed by atoms with van der Waals surface area (Å²) >= 11 is 0. The van der Waals surface area contributed by atoms with Crippen LogP contribution in [0.15, 0.2) is 24.3 Å². The van der Waals surface area contributed by atoms with Crippen molar-refractivity contribution < 1.29 is 5.11 Å². The van der Waals surface area contributed by atoms with Crippen molar-refractivity contribution in [2.24, 2.45) is 0 Å². The van der Waals surface area contributed by atoms with Gasteiger partial charge in [-0.2, -0.15) is 0 Å². The number of nitrogens with zero attached hydrogens (tertiary/aromatic N) is 2. The Hall–Kier alpha value is -1.79. The quantitative estimate of drug-likeness (QED) is 0.795. The minimum atomic E-state index is -0.555. The Morgan fingerprint density at radius 2 is 2.25 bits per heavy atom. The maximum absolute atomic E-state index is 9.89. The summed E-state index contributed by atoms with van der Waals surface area (Å²) in [6, 6.07) is 7.76. The number of para-hydroxylation sites is 2. The molecule has 1 aromatic heterocycles. The molecule has 3 nitrogen and oxygen atoms in total. The number of aromatic nitrogens is 2. The second-order valence-corrected chi connectivity index (χ2v) is 3.67. The molecule has 2 rings (SSSR count). The van der Waals surface area contributed by atoms with Gasteiger partial charge >= 0.3 is 0 Å². The van der Waals surface area contributed by atoms with Crippen LogP contribution in [0.2, 0.25) is 0 Å². The van der Waals surface area contributed by atoms with Gasteiger partial charge in [-0.15, -0.1) is 6.42 Å². The fraction of sp³-hybridized carbons (Fsp3) is 0.308. The summed E-state index contributed by atoms with van der Waals surface area (Å²) < 4.78 is 1.89. The third-order valence-corrected chi connectivity index (χ3v) is 2.62. The first-order valence-corrected chi connectivity index (χ1v) is 5.34. The van der Waals surface area contributed by atoms with E-state index >= 15 is 0 Å². The first-order chi connectivity index (χ1) is 7.77. The van der Waals surface area contributed by atoms with E-state index in [0.717, 1.165) is 11.0 Å². The van der Waals surface area contributed by atoms with Crippen LogP contribution >= 0.6 is 0 Å². The molecule has 1 aromatic carbocycles. The molecule has 0 unspecified atom stereocenters. The van der Waals surface area contributed by atoms with Crippen molar-refractivity contribution in [2.45, 2.75) is 26.0 Å². The summed E-state index contributed by atoms with van der Waals surface area (Å²) in [5, 5.41) is 9.89. The van der Waals surface area contributed by atoms with Gasteiger partial charge in [0.1, 0.15) is 11.9 Å². The van der Waals surface area contributed by atoms with Crippen LogP contribution < -0.4 is 0 Å². The number of terminal acetylenes is 1. The zero-order valence-corrected chi connectivity index (χ0v) is 9.22. The van der Waals surface area contributed by atoms with Crippen molar-refractivity contribution in [3.63, 3.8) is 0 Å². The predicted octanol–water partition coefficient (Wildman–Crippen LogP) is 2.11. The highest BCUT2D eigenvalue weighted by Gasteiger charge is 2.15. The molecule has 0 aliphatic heterocycles. The van der Waals surface area contributed by atoms with Crippen molar-refractivity contribution in [3.8, 4) is 12.3 Å². The van der Waals surface area contributed by atoms with Gasteiger partial charge in [0.2, 0.25) is 0 Å². The van der Waals surface area contributed by atoms with E-state index in [9.17, 15) is 5.11 Å². The molecule has 0 amide bonds. The van der Waals surface area contributed by atoms with Gasteiger partial charge in [-0.3, -0.25) is 0 Å². The number of aliphatic hydroxyl groups is 1. The predicted molar refractivity (Wildman–Crippen MR) is 63.8 cm³/mol. The molecule has 1 N–H and O–H groups in total. The normalized spacial score (nSPS) is 12.6. The molecule has 16 heavy (non-hydrogen) atoms. The fourth-order valence-corrected chi connectivity index (χ4v) is 1.79. The van der Waals surface area contributed by atoms with Gasteiger partial charge in [0.15, 0.2) is 0 Å². The van der Waals surface area contributed by atoms with Crippen molar-refractivity contribution in [1.29, 1.82) is 0 Å². The average Bonchev–Trinajstić information content (AvgIpc) is 2.68. The molecule has 3 heteroatoms. The molecule has 0 aliphatic rings. The van der Waals surface area contributed by atoms with E-state index in [1.807, 2.05) is 35.8 Å². The summed E-state index contributed by atoms with van der Waals surface area (Å²) in [4.78, 5) is 4.42. The highest BCUT2D eigenvalue weighted by atomic mass is 16.3. The van der Waals surface area contributed by atoms with E-state index in [0.29, 0.717) is 18.8 Å². The van der Waals surface area contributed by atoms with E-state index in [4.69, 9.17) is 6.42 Å². The minimum Gasteiger partial charge on any atom is -0.385 e. The molecular formula is C13H14N2O. The van der Waals surface area contributed by atoms with E-state index in [1.54, 1.807) is 0 Å². The van der Waals surface area contributed by atoms with E-state index < -0.39 is 6.10 Å². The number of hydrogen-bond donors (Lipinski definition) is 1. The Labute approximate surface area is 94.7 Å². The number of rotatable bonds is 3. The van der Waals surface area contributed by atoms with Gasteiger partial charge < -0.3 is 9.67 Å². The van der Waals surface area contributed by atoms with Crippen molar-refractivity contribution in [3.05, 3.63) is 30.1 Å². The lowest BCUT2D eigenvalue weighted by atomic mass is 10.2. The highest BCUT2D eigenvalue weighted by Crippen LogP contribution is 2.22. The van der Waals surface area contributed by atoms with Crippen LogP contribution in [0.5, 0.6) is 0 Å². The first kappa shape index (κ1) is 10.7. The summed E-state index contributed by atoms with van der Waals surface area (Å²) in [5.41, 5.74) is 1.85. The third-order valence-electron chi connectivity index (χ3n) is 2.62. The minimum absolute atomic E-state index is 0.437. The topological polar surface area (TPSA) is 38.0 Å². The molecule has 2 aromatic rings. The molecule has 0 spiro atoms. The van der Waals surface area contributed by atoms with Crippen LogP contribution in [0, 0.1) is 12.3 Å². The second-order valence-electron chi connectivity index (χ2n) is 3.67. The molecule has 0 saturated carbocycles. The molecule has 0 fully saturated rings. The Bertz CT molecular complexity index is 536. The largest absolute Gasteiger partial charge is 0.385 e. The summed E-state index contributed by atoms with van der Waals surface area (Å²) in [7, 11) is 0. The van der Waals surface area contributed by atoms with Crippen molar-refractivity contribution in [1.82, 2.24) is 9.55 Å². The lowest BCUT2D eigenvalue weighted by Crippen LogP contribution is -2.07. The monoisotopic (exact) mass is 214 g/mol. The van der Waals surface area contributed by atoms with Crippen molar-refractivity contribution in [2.75, 3.05) is 0 Å². The van der Waals surface area contributed by atoms with Gasteiger partial charge in [0, 0.05) is 0 Å². The third kappa shape index (κ3) is 1.68. The van der Waals surface area contributed by atoms with Crippen LogP contribution in [0.3, 0.4) is 0 Å². The second kappa shape index (κ2) is 4.38. The lowest BCUT2D eigenvalue weighted by molar-refractivity contribution is 0.160. The fourth-order valence-electron chi connectivity index (χ4n) is 1.79. The Morgan fingerprint density at radius 3 is 2.94 bits per heavy atom. The van der Waals surface area contributed by atoms with Crippen LogP contribution in [-0.4, -0.2) is 14.7 Å². The molecular weight excluding hydrogens is 200 g/mol. The molecule has 0 bridgehead atoms. The Balaban J connectivity index is 2.64. The van der Waals surface area contributed by atoms with Crippen LogP contribution in [-0.2, 0) is 6.54 Å². The number of benzene rings is 1. The van der Waals surface area contributed by atoms with Crippen LogP contribution in [0.1, 0.15) is 25.3 Å². The van der Waals surface area contributed by atoms with Gasteiger partial charge in [-0.05, 0) is 18.6 Å². The smallest absolute Gasteiger partial charge is 0.139 e. The van der Waals surface area contributed by atoms with Gasteiger partial charge in [0.25, 0.3) is 0 Å². The van der Waals surface area contributed by atoms with E-state index in [-0.39, 0.29) is 0 Å². The molecule has 1 heterocycles. The number of hydrogen-bond acceptors (Lipinski definition) is 2. The maximum atomic E-state index is 9.89. The molecule has 82 valence electrons. The van der Waals surface area contributed by atoms with Gasteiger partial charge in [0.05, 0.1) is 17.6 Å². The summed E-state index contributed by atoms with van der Waals surface area (Å²) in [5.74, 6) is 3.25.